The van der Waals surface area contributed by atoms with Gasteiger partial charge in [-0.15, -0.1) is 0 Å². The lowest BCUT2D eigenvalue weighted by Crippen LogP contribution is -2.50. The molecule has 9 nitrogen and oxygen atoms in total. The van der Waals surface area contributed by atoms with Gasteiger partial charge in [0.05, 0.1) is 23.6 Å². The first kappa shape index (κ1) is 22.9. The number of hydrogen-bond acceptors (Lipinski definition) is 7. The number of Topliss-reactive ketones (excluding diaryl/α,β-unsaturated/α-hetero) is 1. The molecule has 2 fully saturated rings. The first-order valence-electron chi connectivity index (χ1n) is 10.6. The van der Waals surface area contributed by atoms with Gasteiger partial charge in [0.1, 0.15) is 6.04 Å². The minimum atomic E-state index is -0.744. The molecule has 0 aliphatic carbocycles. The highest BCUT2D eigenvalue weighted by molar-refractivity contribution is 7.98. The van der Waals surface area contributed by atoms with Crippen LogP contribution in [0.1, 0.15) is 22.3 Å². The molecule has 4 rings (SSSR count). The van der Waals surface area contributed by atoms with Crippen molar-refractivity contribution in [3.05, 3.63) is 75.8 Å². The lowest BCUT2D eigenvalue weighted by Gasteiger charge is -2.26. The van der Waals surface area contributed by atoms with E-state index in [-0.39, 0.29) is 29.5 Å². The zero-order valence-corrected chi connectivity index (χ0v) is 18.6. The van der Waals surface area contributed by atoms with Crippen molar-refractivity contribution in [2.24, 2.45) is 5.73 Å². The number of non-ortho nitro benzene ring substituents is 1. The van der Waals surface area contributed by atoms with Crippen LogP contribution in [0, 0.1) is 10.1 Å². The molecule has 3 atom stereocenters. The third kappa shape index (κ3) is 4.76. The number of likely N-dealkylation sites (tertiary alicyclic amines) is 2. The minimum Gasteiger partial charge on any atom is -0.329 e. The van der Waals surface area contributed by atoms with Crippen LogP contribution in [-0.2, 0) is 15.3 Å². The quantitative estimate of drug-likeness (QED) is 0.485. The molecular formula is C23H24N4O5S. The Morgan fingerprint density at radius 2 is 1.91 bits per heavy atom. The third-order valence-electron chi connectivity index (χ3n) is 6.00. The van der Waals surface area contributed by atoms with E-state index in [1.165, 1.54) is 34.1 Å². The van der Waals surface area contributed by atoms with Gasteiger partial charge < -0.3 is 15.5 Å². The summed E-state index contributed by atoms with van der Waals surface area (Å²) in [5.74, 6) is 0.205. The number of fused-ring (bicyclic) bond motifs is 1. The van der Waals surface area contributed by atoms with E-state index in [2.05, 4.69) is 0 Å². The molecule has 2 unspecified atom stereocenters. The number of hydrogen-bond donors (Lipinski definition) is 1. The number of thioether (sulfide) groups is 1. The summed E-state index contributed by atoms with van der Waals surface area (Å²) in [6.07, 6.45) is 0.465. The van der Waals surface area contributed by atoms with Gasteiger partial charge >= 0.3 is 0 Å². The number of carbonyl (C=O) groups is 3. The number of nitrogens with two attached hydrogens (primary N) is 1. The van der Waals surface area contributed by atoms with Crippen LogP contribution in [0.3, 0.4) is 0 Å². The Morgan fingerprint density at radius 1 is 1.15 bits per heavy atom. The van der Waals surface area contributed by atoms with Crippen molar-refractivity contribution < 1.29 is 19.3 Å². The normalized spacial score (nSPS) is 20.6. The zero-order chi connectivity index (χ0) is 23.5. The topological polar surface area (TPSA) is 127 Å². The molecule has 2 aliphatic rings. The highest BCUT2D eigenvalue weighted by Gasteiger charge is 2.51. The van der Waals surface area contributed by atoms with E-state index < -0.39 is 29.0 Å². The second kappa shape index (κ2) is 9.72. The van der Waals surface area contributed by atoms with Crippen LogP contribution in [0.25, 0.3) is 0 Å². The first-order valence-corrected chi connectivity index (χ1v) is 11.8. The Kier molecular flexibility index (Phi) is 6.75. The maximum Gasteiger partial charge on any atom is 0.270 e. The maximum atomic E-state index is 13.0. The summed E-state index contributed by atoms with van der Waals surface area (Å²) in [4.78, 5) is 52.2. The van der Waals surface area contributed by atoms with Crippen LogP contribution >= 0.6 is 11.8 Å². The fourth-order valence-corrected chi connectivity index (χ4v) is 5.36. The Balaban J connectivity index is 1.40. The summed E-state index contributed by atoms with van der Waals surface area (Å²) >= 11 is 1.56. The second-order valence-corrected chi connectivity index (χ2v) is 9.18. The average molecular weight is 469 g/mol. The molecule has 0 spiro atoms. The number of nitro benzene ring substituents is 1. The number of nitro groups is 1. The molecule has 2 aliphatic heterocycles. The van der Waals surface area contributed by atoms with E-state index in [1.54, 1.807) is 11.8 Å². The number of amides is 2. The van der Waals surface area contributed by atoms with Crippen molar-refractivity contribution in [3.8, 4) is 0 Å². The van der Waals surface area contributed by atoms with Gasteiger partial charge in [-0.1, -0.05) is 36.4 Å². The van der Waals surface area contributed by atoms with Crippen molar-refractivity contribution in [1.29, 1.82) is 0 Å². The lowest BCUT2D eigenvalue weighted by molar-refractivity contribution is -0.384. The predicted octanol–water partition coefficient (Wildman–Crippen LogP) is 1.85. The summed E-state index contributed by atoms with van der Waals surface area (Å²) in [5.41, 5.74) is 7.26. The van der Waals surface area contributed by atoms with E-state index in [0.29, 0.717) is 18.7 Å². The Morgan fingerprint density at radius 3 is 2.64 bits per heavy atom. The minimum absolute atomic E-state index is 0.126. The fourth-order valence-electron chi connectivity index (χ4n) is 4.42. The van der Waals surface area contributed by atoms with Gasteiger partial charge in [-0.05, 0) is 18.1 Å². The smallest absolute Gasteiger partial charge is 0.270 e. The number of nitrogens with zero attached hydrogens (tertiary/aromatic N) is 3. The number of benzene rings is 2. The molecule has 10 heteroatoms. The summed E-state index contributed by atoms with van der Waals surface area (Å²) in [7, 11) is 0. The standard InChI is InChI=1S/C23H24N4O5S/c24-18(14-33-13-15-5-2-1-3-6-15)23(30)25-10-9-19-21(25)20(28)12-26(19)22(29)16-7-4-8-17(11-16)27(31)32/h1-8,11,18-19,21H,9-10,12-14,24H2/t18-,19?,21?/m0/s1. The van der Waals surface area contributed by atoms with Crippen LogP contribution in [0.5, 0.6) is 0 Å². The molecule has 172 valence electrons. The molecule has 0 bridgehead atoms. The van der Waals surface area contributed by atoms with E-state index in [1.807, 2.05) is 30.3 Å². The maximum absolute atomic E-state index is 13.0. The average Bonchev–Trinajstić information content (AvgIpc) is 3.40. The molecule has 0 radical (unpaired) electrons. The summed E-state index contributed by atoms with van der Waals surface area (Å²) in [6.45, 7) is 0.217. The Bertz CT molecular complexity index is 1080. The van der Waals surface area contributed by atoms with Crippen molar-refractivity contribution >= 4 is 35.0 Å². The van der Waals surface area contributed by atoms with Crippen molar-refractivity contribution in [2.75, 3.05) is 18.8 Å². The van der Waals surface area contributed by atoms with Crippen molar-refractivity contribution in [3.63, 3.8) is 0 Å². The van der Waals surface area contributed by atoms with Crippen LogP contribution in [0.2, 0.25) is 0 Å². The van der Waals surface area contributed by atoms with Crippen LogP contribution in [-0.4, -0.2) is 69.3 Å². The highest BCUT2D eigenvalue weighted by Crippen LogP contribution is 2.32. The SMILES string of the molecule is N[C@@H](CSCc1ccccc1)C(=O)N1CCC2C1C(=O)CN2C(=O)c1cccc([N+](=O)[O-])c1. The van der Waals surface area contributed by atoms with E-state index in [9.17, 15) is 24.5 Å². The van der Waals surface area contributed by atoms with E-state index >= 15 is 0 Å². The molecule has 2 aromatic carbocycles. The molecule has 2 heterocycles. The zero-order valence-electron chi connectivity index (χ0n) is 17.8. The third-order valence-corrected chi connectivity index (χ3v) is 7.13. The van der Waals surface area contributed by atoms with Gasteiger partial charge in [0.25, 0.3) is 11.6 Å². The fraction of sp³-hybridized carbons (Fsp3) is 0.348. The van der Waals surface area contributed by atoms with Crippen LogP contribution in [0.15, 0.2) is 54.6 Å². The van der Waals surface area contributed by atoms with Gasteiger partial charge in [-0.25, -0.2) is 0 Å². The molecule has 2 amide bonds. The van der Waals surface area contributed by atoms with E-state index in [4.69, 9.17) is 5.73 Å². The molecule has 2 N–H and O–H groups in total. The highest BCUT2D eigenvalue weighted by atomic mass is 32.2. The number of rotatable bonds is 7. The second-order valence-electron chi connectivity index (χ2n) is 8.15. The summed E-state index contributed by atoms with van der Waals surface area (Å²) < 4.78 is 0. The van der Waals surface area contributed by atoms with Gasteiger partial charge in [0.2, 0.25) is 5.91 Å². The molecule has 0 saturated carbocycles. The number of carbonyl (C=O) groups excluding carboxylic acids is 3. The van der Waals surface area contributed by atoms with Gasteiger partial charge in [0.15, 0.2) is 5.78 Å². The molecule has 2 saturated heterocycles. The van der Waals surface area contributed by atoms with E-state index in [0.717, 1.165) is 11.3 Å². The Hall–Kier alpha value is -3.24. The predicted molar refractivity (Wildman–Crippen MR) is 124 cm³/mol. The molecule has 2 aromatic rings. The monoisotopic (exact) mass is 468 g/mol. The Labute approximate surface area is 195 Å². The number of ketones is 1. The van der Waals surface area contributed by atoms with Crippen molar-refractivity contribution in [1.82, 2.24) is 9.80 Å². The van der Waals surface area contributed by atoms with Gasteiger partial charge in [-0.3, -0.25) is 24.5 Å². The van der Waals surface area contributed by atoms with Gasteiger partial charge in [-0.2, -0.15) is 11.8 Å². The summed E-state index contributed by atoms with van der Waals surface area (Å²) in [5, 5.41) is 11.0. The largest absolute Gasteiger partial charge is 0.329 e. The van der Waals surface area contributed by atoms with Crippen LogP contribution < -0.4 is 5.73 Å². The first-order chi connectivity index (χ1) is 15.9. The van der Waals surface area contributed by atoms with Gasteiger partial charge in [0, 0.05) is 35.7 Å². The molecule has 0 aromatic heterocycles. The van der Waals surface area contributed by atoms with Crippen molar-refractivity contribution in [2.45, 2.75) is 30.3 Å². The molecular weight excluding hydrogens is 444 g/mol. The summed E-state index contributed by atoms with van der Waals surface area (Å²) in [6, 6.07) is 13.4. The lowest BCUT2D eigenvalue weighted by atomic mass is 10.1. The molecule has 33 heavy (non-hydrogen) atoms. The van der Waals surface area contributed by atoms with Crippen LogP contribution in [0.4, 0.5) is 5.69 Å².